The Bertz CT molecular complexity index is 354. The minimum absolute atomic E-state index is 0.245. The quantitative estimate of drug-likeness (QED) is 0.413. The Morgan fingerprint density at radius 2 is 1.48 bits per heavy atom. The van der Waals surface area contributed by atoms with E-state index in [0.717, 1.165) is 25.7 Å². The third-order valence-corrected chi connectivity index (χ3v) is 4.29. The summed E-state index contributed by atoms with van der Waals surface area (Å²) in [4.78, 5) is 23.8. The van der Waals surface area contributed by atoms with Crippen molar-refractivity contribution < 1.29 is 19.4 Å². The predicted molar refractivity (Wildman–Crippen MR) is 84.1 cm³/mol. The van der Waals surface area contributed by atoms with Gasteiger partial charge in [-0.2, -0.15) is 0 Å². The lowest BCUT2D eigenvalue weighted by molar-refractivity contribution is -0.179. The zero-order chi connectivity index (χ0) is 16.8. The summed E-state index contributed by atoms with van der Waals surface area (Å²) in [6, 6.07) is 0. The summed E-state index contributed by atoms with van der Waals surface area (Å²) in [6.45, 7) is 12.9. The molecule has 0 saturated heterocycles. The monoisotopic (exact) mass is 300 g/mol. The third-order valence-electron chi connectivity index (χ3n) is 4.29. The number of esters is 1. The highest BCUT2D eigenvalue weighted by atomic mass is 16.5. The molecule has 0 fully saturated rings. The normalized spacial score (nSPS) is 16.4. The minimum atomic E-state index is -1.53. The molecule has 0 aliphatic carbocycles. The predicted octanol–water partition coefficient (Wildman–Crippen LogP) is 4.27. The van der Waals surface area contributed by atoms with Gasteiger partial charge in [0.25, 0.3) is 0 Å². The summed E-state index contributed by atoms with van der Waals surface area (Å²) in [7, 11) is 0. The van der Waals surface area contributed by atoms with Crippen LogP contribution < -0.4 is 0 Å². The van der Waals surface area contributed by atoms with Crippen LogP contribution in [0.25, 0.3) is 0 Å². The largest absolute Gasteiger partial charge is 0.480 e. The fourth-order valence-corrected chi connectivity index (χ4v) is 2.06. The molecule has 2 unspecified atom stereocenters. The molecule has 124 valence electrons. The van der Waals surface area contributed by atoms with Crippen LogP contribution in [0.15, 0.2) is 0 Å². The lowest BCUT2D eigenvalue weighted by Gasteiger charge is -2.36. The number of carbonyl (C=O) groups excluding carboxylic acids is 1. The van der Waals surface area contributed by atoms with Gasteiger partial charge in [0.15, 0.2) is 5.41 Å². The van der Waals surface area contributed by atoms with Crippen LogP contribution in [-0.2, 0) is 14.3 Å². The molecule has 1 N–H and O–H groups in total. The van der Waals surface area contributed by atoms with Crippen LogP contribution in [0.1, 0.15) is 74.1 Å². The fourth-order valence-electron chi connectivity index (χ4n) is 2.06. The summed E-state index contributed by atoms with van der Waals surface area (Å²) in [5, 5.41) is 9.43. The van der Waals surface area contributed by atoms with E-state index in [1.807, 2.05) is 6.92 Å². The summed E-state index contributed by atoms with van der Waals surface area (Å²) < 4.78 is 5.39. The van der Waals surface area contributed by atoms with Gasteiger partial charge in [-0.3, -0.25) is 9.59 Å². The highest BCUT2D eigenvalue weighted by Gasteiger charge is 2.52. The van der Waals surface area contributed by atoms with Crippen molar-refractivity contribution in [2.45, 2.75) is 80.3 Å². The van der Waals surface area contributed by atoms with Crippen molar-refractivity contribution in [1.29, 1.82) is 0 Å². The average molecular weight is 300 g/mol. The van der Waals surface area contributed by atoms with Crippen molar-refractivity contribution in [3.05, 3.63) is 0 Å². The summed E-state index contributed by atoms with van der Waals surface area (Å²) in [5.41, 5.74) is -2.23. The molecule has 21 heavy (non-hydrogen) atoms. The number of aliphatic carboxylic acids is 1. The molecule has 0 aliphatic heterocycles. The third kappa shape index (κ3) is 5.68. The van der Waals surface area contributed by atoms with Gasteiger partial charge in [0.05, 0.1) is 6.10 Å². The number of carbonyl (C=O) groups is 2. The highest BCUT2D eigenvalue weighted by Crippen LogP contribution is 2.40. The summed E-state index contributed by atoms with van der Waals surface area (Å²) >= 11 is 0. The van der Waals surface area contributed by atoms with E-state index in [1.165, 1.54) is 6.92 Å². The van der Waals surface area contributed by atoms with Gasteiger partial charge in [0.1, 0.15) is 0 Å². The van der Waals surface area contributed by atoms with E-state index in [-0.39, 0.29) is 6.10 Å². The van der Waals surface area contributed by atoms with Gasteiger partial charge in [-0.1, -0.05) is 47.5 Å². The Morgan fingerprint density at radius 1 is 1.00 bits per heavy atom. The Kier molecular flexibility index (Phi) is 7.41. The summed E-state index contributed by atoms with van der Waals surface area (Å²) in [5.74, 6) is -1.09. The van der Waals surface area contributed by atoms with Crippen molar-refractivity contribution in [2.24, 2.45) is 16.7 Å². The van der Waals surface area contributed by atoms with E-state index < -0.39 is 22.8 Å². The molecule has 0 rings (SSSR count). The number of carboxylic acid groups (broad SMARTS) is 1. The molecule has 2 atom stereocenters. The van der Waals surface area contributed by atoms with Crippen molar-refractivity contribution in [3.8, 4) is 0 Å². The van der Waals surface area contributed by atoms with Crippen molar-refractivity contribution in [3.63, 3.8) is 0 Å². The van der Waals surface area contributed by atoms with Gasteiger partial charge in [-0.15, -0.1) is 0 Å². The van der Waals surface area contributed by atoms with Gasteiger partial charge in [-0.25, -0.2) is 0 Å². The fraction of sp³-hybridized carbons (Fsp3) is 0.882. The van der Waals surface area contributed by atoms with E-state index >= 15 is 0 Å². The molecule has 0 spiro atoms. The second-order valence-electron chi connectivity index (χ2n) is 7.57. The number of hydrogen-bond acceptors (Lipinski definition) is 3. The first-order valence-electron chi connectivity index (χ1n) is 7.87. The molecular formula is C17H32O4. The number of ether oxygens (including phenoxy) is 1. The van der Waals surface area contributed by atoms with Crippen LogP contribution in [0, 0.1) is 16.7 Å². The maximum atomic E-state index is 12.3. The number of carboxylic acids is 1. The van der Waals surface area contributed by atoms with Gasteiger partial charge >= 0.3 is 11.9 Å². The molecule has 0 bridgehead atoms. The lowest BCUT2D eigenvalue weighted by Crippen LogP contribution is -2.48. The smallest absolute Gasteiger partial charge is 0.324 e. The average Bonchev–Trinajstić information content (AvgIpc) is 2.31. The second kappa shape index (κ2) is 7.81. The molecule has 0 aromatic carbocycles. The van der Waals surface area contributed by atoms with Crippen LogP contribution >= 0.6 is 0 Å². The van der Waals surface area contributed by atoms with Crippen LogP contribution in [0.2, 0.25) is 0 Å². The molecule has 4 nitrogen and oxygen atoms in total. The topological polar surface area (TPSA) is 63.6 Å². The summed E-state index contributed by atoms with van der Waals surface area (Å²) in [6.07, 6.45) is 3.79. The maximum absolute atomic E-state index is 12.3. The Hall–Kier alpha value is -1.06. The molecular weight excluding hydrogens is 268 g/mol. The van der Waals surface area contributed by atoms with E-state index in [4.69, 9.17) is 4.74 Å². The standard InChI is InChI=1S/C17H32O4/c1-12(2)10-8-9-11-13(3)21-15(20)17(7,14(18)19)16(4,5)6/h12-13H,8-11H2,1-7H3,(H,18,19). The highest BCUT2D eigenvalue weighted by molar-refractivity contribution is 5.99. The molecule has 0 radical (unpaired) electrons. The SMILES string of the molecule is CC(C)CCCCC(C)OC(=O)C(C)(C(=O)O)C(C)(C)C. The van der Waals surface area contributed by atoms with Crippen LogP contribution in [0.5, 0.6) is 0 Å². The zero-order valence-corrected chi connectivity index (χ0v) is 14.7. The molecule has 0 heterocycles. The van der Waals surface area contributed by atoms with Crippen molar-refractivity contribution in [1.82, 2.24) is 0 Å². The van der Waals surface area contributed by atoms with E-state index in [0.29, 0.717) is 5.92 Å². The second-order valence-corrected chi connectivity index (χ2v) is 7.57. The van der Waals surface area contributed by atoms with Crippen molar-refractivity contribution in [2.75, 3.05) is 0 Å². The first-order chi connectivity index (χ1) is 9.42. The number of unbranched alkanes of at least 4 members (excludes halogenated alkanes) is 1. The van der Waals surface area contributed by atoms with Gasteiger partial charge in [-0.05, 0) is 38.0 Å². The van der Waals surface area contributed by atoms with Gasteiger partial charge in [0.2, 0.25) is 0 Å². The van der Waals surface area contributed by atoms with Gasteiger partial charge in [0, 0.05) is 0 Å². The maximum Gasteiger partial charge on any atom is 0.324 e. The Balaban J connectivity index is 4.54. The zero-order valence-electron chi connectivity index (χ0n) is 14.7. The van der Waals surface area contributed by atoms with E-state index in [9.17, 15) is 14.7 Å². The molecule has 0 saturated carbocycles. The molecule has 0 aromatic rings. The molecule has 0 amide bonds. The van der Waals surface area contributed by atoms with E-state index in [2.05, 4.69) is 13.8 Å². The number of rotatable bonds is 8. The van der Waals surface area contributed by atoms with Crippen LogP contribution in [0.3, 0.4) is 0 Å². The first-order valence-corrected chi connectivity index (χ1v) is 7.87. The lowest BCUT2D eigenvalue weighted by atomic mass is 9.68. The Morgan fingerprint density at radius 3 is 1.86 bits per heavy atom. The number of hydrogen-bond donors (Lipinski definition) is 1. The van der Waals surface area contributed by atoms with Crippen LogP contribution in [0.4, 0.5) is 0 Å². The first kappa shape index (κ1) is 19.9. The Labute approximate surface area is 129 Å². The molecule has 0 aliphatic rings. The van der Waals surface area contributed by atoms with Crippen molar-refractivity contribution >= 4 is 11.9 Å². The van der Waals surface area contributed by atoms with E-state index in [1.54, 1.807) is 20.8 Å². The molecule has 0 aromatic heterocycles. The van der Waals surface area contributed by atoms with Crippen LogP contribution in [-0.4, -0.2) is 23.1 Å². The van der Waals surface area contributed by atoms with Gasteiger partial charge < -0.3 is 9.84 Å². The molecule has 4 heteroatoms. The minimum Gasteiger partial charge on any atom is -0.480 e.